The molecule has 0 heterocycles. The van der Waals surface area contributed by atoms with Crippen LogP contribution in [0.15, 0.2) is 48.5 Å². The molecular formula is C23H28F3NO3S. The van der Waals surface area contributed by atoms with Gasteiger partial charge in [0, 0.05) is 0 Å². The zero-order valence-corrected chi connectivity index (χ0v) is 18.3. The van der Waals surface area contributed by atoms with Crippen molar-refractivity contribution in [3.8, 4) is 11.1 Å². The molecule has 4 N–H and O–H groups in total. The number of carbonyl (C=O) groups is 1. The zero-order chi connectivity index (χ0) is 23.2. The maximum absolute atomic E-state index is 13.6. The van der Waals surface area contributed by atoms with Crippen molar-refractivity contribution >= 4 is 17.7 Å². The molecule has 0 spiro atoms. The average molecular weight is 456 g/mol. The predicted molar refractivity (Wildman–Crippen MR) is 118 cm³/mol. The van der Waals surface area contributed by atoms with Crippen LogP contribution >= 0.6 is 11.8 Å². The van der Waals surface area contributed by atoms with Crippen LogP contribution in [0.4, 0.5) is 13.2 Å². The lowest BCUT2D eigenvalue weighted by molar-refractivity contribution is -0.150. The number of alkyl halides is 3. The lowest BCUT2D eigenvalue weighted by Crippen LogP contribution is -2.30. The van der Waals surface area contributed by atoms with Crippen LogP contribution in [-0.4, -0.2) is 39.9 Å². The molecule has 0 aliphatic carbocycles. The van der Waals surface area contributed by atoms with Gasteiger partial charge in [0.15, 0.2) is 0 Å². The molecule has 0 aliphatic rings. The van der Waals surface area contributed by atoms with Crippen LogP contribution in [0, 0.1) is 0 Å². The van der Waals surface area contributed by atoms with Crippen LogP contribution in [0.3, 0.4) is 0 Å². The summed E-state index contributed by atoms with van der Waals surface area (Å²) in [5, 5.41) is 18.9. The first-order valence-electron chi connectivity index (χ1n) is 9.95. The van der Waals surface area contributed by atoms with Gasteiger partial charge >= 0.3 is 12.1 Å². The second-order valence-corrected chi connectivity index (χ2v) is 9.22. The summed E-state index contributed by atoms with van der Waals surface area (Å²) in [4.78, 5) is 10.7. The van der Waals surface area contributed by atoms with Crippen molar-refractivity contribution < 1.29 is 28.2 Å². The van der Waals surface area contributed by atoms with Gasteiger partial charge in [-0.3, -0.25) is 4.79 Å². The number of benzene rings is 2. The number of hydrogen-bond donors (Lipinski definition) is 3. The highest BCUT2D eigenvalue weighted by Gasteiger charge is 2.40. The molecule has 2 aromatic rings. The number of aliphatic hydroxyl groups is 1. The Hall–Kier alpha value is -2.03. The summed E-state index contributed by atoms with van der Waals surface area (Å²) < 4.78 is 40.9. The Morgan fingerprint density at radius 3 is 2.19 bits per heavy atom. The van der Waals surface area contributed by atoms with Gasteiger partial charge in [-0.05, 0) is 66.5 Å². The van der Waals surface area contributed by atoms with Crippen molar-refractivity contribution in [3.05, 3.63) is 59.7 Å². The number of hydrogen-bond acceptors (Lipinski definition) is 4. The summed E-state index contributed by atoms with van der Waals surface area (Å²) in [6.45, 7) is 3.35. The topological polar surface area (TPSA) is 83.5 Å². The molecule has 0 aliphatic heterocycles. The molecule has 0 aromatic heterocycles. The van der Waals surface area contributed by atoms with Gasteiger partial charge in [0.25, 0.3) is 0 Å². The third-order valence-electron chi connectivity index (χ3n) is 5.05. The van der Waals surface area contributed by atoms with Gasteiger partial charge < -0.3 is 15.9 Å². The van der Waals surface area contributed by atoms with E-state index in [9.17, 15) is 23.1 Å². The Morgan fingerprint density at radius 1 is 1.03 bits per heavy atom. The minimum absolute atomic E-state index is 0.0932. The first kappa shape index (κ1) is 25.2. The van der Waals surface area contributed by atoms with Gasteiger partial charge in [-0.1, -0.05) is 42.5 Å². The fourth-order valence-corrected chi connectivity index (χ4v) is 4.17. The second kappa shape index (κ2) is 10.5. The summed E-state index contributed by atoms with van der Waals surface area (Å²) in [6.07, 6.45) is -4.25. The van der Waals surface area contributed by atoms with Crippen LogP contribution in [-0.2, 0) is 10.4 Å². The molecule has 0 fully saturated rings. The van der Waals surface area contributed by atoms with E-state index in [1.54, 1.807) is 32.0 Å². The van der Waals surface area contributed by atoms with Gasteiger partial charge in [0.1, 0.15) is 6.04 Å². The van der Waals surface area contributed by atoms with E-state index in [0.29, 0.717) is 5.75 Å². The minimum atomic E-state index is -4.37. The van der Waals surface area contributed by atoms with Crippen LogP contribution < -0.4 is 5.73 Å². The van der Waals surface area contributed by atoms with Crippen LogP contribution in [0.5, 0.6) is 0 Å². The lowest BCUT2D eigenvalue weighted by Gasteiger charge is -2.21. The van der Waals surface area contributed by atoms with E-state index in [4.69, 9.17) is 10.8 Å². The standard InChI is InChI=1S/C23H28F3NO3S/c1-22(2,30)18-5-3-4-17(14-18)15-6-8-16(9-7-15)19(23(24,25)26)10-12-31-13-11-20(27)21(28)29/h3-9,14,19-20,30H,10-13,27H2,1-2H3,(H,28,29). The third-order valence-corrected chi connectivity index (χ3v) is 6.10. The van der Waals surface area contributed by atoms with Crippen molar-refractivity contribution in [1.82, 2.24) is 0 Å². The van der Waals surface area contributed by atoms with Gasteiger partial charge in [0.05, 0.1) is 11.5 Å². The normalized spacial score (nSPS) is 14.3. The van der Waals surface area contributed by atoms with Crippen LogP contribution in [0.1, 0.15) is 43.7 Å². The maximum Gasteiger partial charge on any atom is 0.395 e. The molecule has 31 heavy (non-hydrogen) atoms. The number of carboxylic acid groups (broad SMARTS) is 1. The Morgan fingerprint density at radius 2 is 1.65 bits per heavy atom. The molecule has 8 heteroatoms. The largest absolute Gasteiger partial charge is 0.480 e. The highest BCUT2D eigenvalue weighted by Crippen LogP contribution is 2.39. The Bertz CT molecular complexity index is 864. The van der Waals surface area contributed by atoms with Crippen LogP contribution in [0.2, 0.25) is 0 Å². The summed E-state index contributed by atoms with van der Waals surface area (Å²) in [6, 6.07) is 12.6. The fraction of sp³-hybridized carbons (Fsp3) is 0.435. The lowest BCUT2D eigenvalue weighted by atomic mass is 9.91. The van der Waals surface area contributed by atoms with Gasteiger partial charge in [-0.15, -0.1) is 0 Å². The van der Waals surface area contributed by atoms with E-state index in [0.717, 1.165) is 16.7 Å². The SMILES string of the molecule is CC(C)(O)c1cccc(-c2ccc(C(CCSCCC(N)C(=O)O)C(F)(F)F)cc2)c1. The molecule has 0 bridgehead atoms. The van der Waals surface area contributed by atoms with Gasteiger partial charge in [-0.2, -0.15) is 24.9 Å². The Kier molecular flexibility index (Phi) is 8.57. The predicted octanol–water partition coefficient (Wildman–Crippen LogP) is 5.15. The second-order valence-electron chi connectivity index (χ2n) is 7.99. The highest BCUT2D eigenvalue weighted by molar-refractivity contribution is 7.99. The molecule has 0 amide bonds. The molecule has 2 aromatic carbocycles. The van der Waals surface area contributed by atoms with Crippen LogP contribution in [0.25, 0.3) is 11.1 Å². The molecule has 2 unspecified atom stereocenters. The molecular weight excluding hydrogens is 427 g/mol. The molecule has 2 rings (SSSR count). The number of carboxylic acids is 1. The van der Waals surface area contributed by atoms with Crippen molar-refractivity contribution in [2.75, 3.05) is 11.5 Å². The quantitative estimate of drug-likeness (QED) is 0.432. The monoisotopic (exact) mass is 455 g/mol. The van der Waals surface area contributed by atoms with Gasteiger partial charge in [0.2, 0.25) is 0 Å². The minimum Gasteiger partial charge on any atom is -0.480 e. The summed E-state index contributed by atoms with van der Waals surface area (Å²) >= 11 is 1.27. The Labute approximate surface area is 184 Å². The Balaban J connectivity index is 2.07. The number of halogens is 3. The number of aliphatic carboxylic acids is 1. The highest BCUT2D eigenvalue weighted by atomic mass is 32.2. The molecule has 4 nitrogen and oxygen atoms in total. The van der Waals surface area contributed by atoms with Gasteiger partial charge in [-0.25, -0.2) is 0 Å². The van der Waals surface area contributed by atoms with E-state index in [2.05, 4.69) is 0 Å². The van der Waals surface area contributed by atoms with E-state index < -0.39 is 29.7 Å². The van der Waals surface area contributed by atoms with Crippen molar-refractivity contribution in [2.24, 2.45) is 5.73 Å². The number of thioether (sulfide) groups is 1. The molecule has 0 saturated heterocycles. The molecule has 2 atom stereocenters. The van der Waals surface area contributed by atoms with Crippen molar-refractivity contribution in [2.45, 2.75) is 50.4 Å². The average Bonchev–Trinajstić information content (AvgIpc) is 2.69. The smallest absolute Gasteiger partial charge is 0.395 e. The summed E-state index contributed by atoms with van der Waals surface area (Å²) in [5.41, 5.74) is 6.90. The van der Waals surface area contributed by atoms with Crippen molar-refractivity contribution in [1.29, 1.82) is 0 Å². The third kappa shape index (κ3) is 7.55. The molecule has 0 saturated carbocycles. The summed E-state index contributed by atoms with van der Waals surface area (Å²) in [7, 11) is 0. The number of rotatable bonds is 10. The van der Waals surface area contributed by atoms with E-state index in [-0.39, 0.29) is 24.2 Å². The fourth-order valence-electron chi connectivity index (χ4n) is 3.14. The van der Waals surface area contributed by atoms with E-state index in [1.807, 2.05) is 18.2 Å². The maximum atomic E-state index is 13.6. The number of nitrogens with two attached hydrogens (primary N) is 1. The molecule has 170 valence electrons. The summed E-state index contributed by atoms with van der Waals surface area (Å²) in [5.74, 6) is -2.05. The van der Waals surface area contributed by atoms with E-state index >= 15 is 0 Å². The molecule has 0 radical (unpaired) electrons. The first-order valence-corrected chi connectivity index (χ1v) is 11.1. The van der Waals surface area contributed by atoms with Crippen molar-refractivity contribution in [3.63, 3.8) is 0 Å². The zero-order valence-electron chi connectivity index (χ0n) is 17.5. The van der Waals surface area contributed by atoms with E-state index in [1.165, 1.54) is 23.9 Å². The first-order chi connectivity index (χ1) is 14.4.